The molecule has 0 radical (unpaired) electrons. The van der Waals surface area contributed by atoms with Crippen molar-refractivity contribution in [3.8, 4) is 0 Å². The number of anilines is 1. The van der Waals surface area contributed by atoms with E-state index < -0.39 is 20.2 Å². The van der Waals surface area contributed by atoms with Crippen LogP contribution in [0.15, 0.2) is 86.9 Å². The summed E-state index contributed by atoms with van der Waals surface area (Å²) in [6.07, 6.45) is 2.88. The van der Waals surface area contributed by atoms with E-state index in [1.54, 1.807) is 0 Å². The fraction of sp³-hybridized carbons (Fsp3) is 0. The highest BCUT2D eigenvalue weighted by Crippen LogP contribution is 2.21. The second-order valence-corrected chi connectivity index (χ2v) is 9.00. The van der Waals surface area contributed by atoms with E-state index in [0.717, 1.165) is 0 Å². The number of hydrogen-bond donors (Lipinski definition) is 5. The number of nitrogens with zero attached hydrogens (tertiary/aromatic N) is 1. The third-order valence-electron chi connectivity index (χ3n) is 3.98. The van der Waals surface area contributed by atoms with Crippen LogP contribution in [-0.4, -0.2) is 37.4 Å². The van der Waals surface area contributed by atoms with Gasteiger partial charge < -0.3 is 11.1 Å². The Hall–Kier alpha value is -3.32. The smallest absolute Gasteiger partial charge is 0.294 e. The maximum Gasteiger partial charge on any atom is 0.294 e. The van der Waals surface area contributed by atoms with E-state index in [2.05, 4.69) is 10.3 Å². The first-order valence-electron chi connectivity index (χ1n) is 8.22. The van der Waals surface area contributed by atoms with E-state index in [1.807, 2.05) is 0 Å². The number of aliphatic imine (C=N–C) groups is 1. The summed E-state index contributed by atoms with van der Waals surface area (Å²) >= 11 is 0. The zero-order valence-corrected chi connectivity index (χ0v) is 16.8. The number of rotatable bonds is 5. The highest BCUT2D eigenvalue weighted by Gasteiger charge is 2.16. The summed E-state index contributed by atoms with van der Waals surface area (Å²) in [5, 5.41) is 11.0. The number of nitrogens with two attached hydrogens (primary N) is 1. The summed E-state index contributed by atoms with van der Waals surface area (Å²) < 4.78 is 62.5. The highest BCUT2D eigenvalue weighted by atomic mass is 32.2. The van der Waals surface area contributed by atoms with E-state index in [9.17, 15) is 16.8 Å². The molecule has 156 valence electrons. The lowest BCUT2D eigenvalue weighted by atomic mass is 10.0. The number of benzene rings is 2. The Labute approximate surface area is 172 Å². The summed E-state index contributed by atoms with van der Waals surface area (Å²) in [6, 6.07) is 10.4. The molecule has 0 atom stereocenters. The molecule has 2 aromatic rings. The molecule has 0 aliphatic heterocycles. The van der Waals surface area contributed by atoms with Crippen molar-refractivity contribution in [2.24, 2.45) is 10.7 Å². The van der Waals surface area contributed by atoms with Gasteiger partial charge in [0.05, 0.1) is 38.3 Å². The number of allylic oxidation sites excluding steroid dienone is 2. The van der Waals surface area contributed by atoms with Crippen molar-refractivity contribution >= 4 is 43.0 Å². The first-order chi connectivity index (χ1) is 13.9. The molecule has 10 nitrogen and oxygen atoms in total. The third-order valence-corrected chi connectivity index (χ3v) is 5.72. The fourth-order valence-corrected chi connectivity index (χ4v) is 3.46. The van der Waals surface area contributed by atoms with Crippen molar-refractivity contribution in [2.75, 3.05) is 5.32 Å². The Morgan fingerprint density at radius 1 is 0.833 bits per heavy atom. The van der Waals surface area contributed by atoms with E-state index in [1.165, 1.54) is 60.7 Å². The van der Waals surface area contributed by atoms with Crippen LogP contribution in [0.1, 0.15) is 0 Å². The largest absolute Gasteiger partial charge is 0.397 e. The Bertz CT molecular complexity index is 1310. The zero-order valence-electron chi connectivity index (χ0n) is 15.1. The van der Waals surface area contributed by atoms with Crippen molar-refractivity contribution in [1.29, 1.82) is 5.41 Å². The van der Waals surface area contributed by atoms with Crippen molar-refractivity contribution < 1.29 is 25.9 Å². The van der Waals surface area contributed by atoms with Crippen LogP contribution in [0.2, 0.25) is 0 Å². The first-order valence-corrected chi connectivity index (χ1v) is 11.1. The van der Waals surface area contributed by atoms with Gasteiger partial charge in [-0.2, -0.15) is 16.8 Å². The maximum absolute atomic E-state index is 11.1. The quantitative estimate of drug-likeness (QED) is 0.340. The van der Waals surface area contributed by atoms with Gasteiger partial charge in [-0.25, -0.2) is 4.99 Å². The van der Waals surface area contributed by atoms with Crippen molar-refractivity contribution in [3.05, 3.63) is 72.1 Å². The minimum Gasteiger partial charge on any atom is -0.397 e. The Kier molecular flexibility index (Phi) is 5.59. The molecule has 0 aromatic heterocycles. The lowest BCUT2D eigenvalue weighted by molar-refractivity contribution is 0.481. The van der Waals surface area contributed by atoms with Crippen molar-refractivity contribution in [3.63, 3.8) is 0 Å². The molecule has 0 heterocycles. The molecule has 0 unspecified atom stereocenters. The Morgan fingerprint density at radius 2 is 1.33 bits per heavy atom. The van der Waals surface area contributed by atoms with E-state index in [-0.39, 0.29) is 21.2 Å². The lowest BCUT2D eigenvalue weighted by Crippen LogP contribution is -2.21. The predicted molar refractivity (Wildman–Crippen MR) is 111 cm³/mol. The summed E-state index contributed by atoms with van der Waals surface area (Å²) in [5.41, 5.74) is 7.67. The lowest BCUT2D eigenvalue weighted by Gasteiger charge is -2.16. The standard InChI is InChI=1S/C18H16N4O6S2/c19-15-9-16(20)18(22-12-3-7-14(8-4-12)30(26,27)28)10-17(15)21-11-1-5-13(6-2-11)29(23,24)25/h1-10,19,21H,20H2,(H,23,24,25)(H,26,27,28). The minimum atomic E-state index is -4.31. The zero-order chi connectivity index (χ0) is 22.1. The van der Waals surface area contributed by atoms with Crippen LogP contribution in [0, 0.1) is 5.41 Å². The van der Waals surface area contributed by atoms with Gasteiger partial charge in [0.15, 0.2) is 0 Å². The van der Waals surface area contributed by atoms with Gasteiger partial charge in [0.1, 0.15) is 0 Å². The van der Waals surface area contributed by atoms with Crippen molar-refractivity contribution in [1.82, 2.24) is 0 Å². The van der Waals surface area contributed by atoms with Crippen molar-refractivity contribution in [2.45, 2.75) is 9.79 Å². The maximum atomic E-state index is 11.1. The van der Waals surface area contributed by atoms with Crippen LogP contribution in [0.25, 0.3) is 0 Å². The van der Waals surface area contributed by atoms with Crippen LogP contribution in [0.3, 0.4) is 0 Å². The fourth-order valence-electron chi connectivity index (χ4n) is 2.50. The van der Waals surface area contributed by atoms with Gasteiger partial charge in [-0.1, -0.05) is 0 Å². The minimum absolute atomic E-state index is 0.0621. The van der Waals surface area contributed by atoms with Gasteiger partial charge in [0.25, 0.3) is 20.2 Å². The Morgan fingerprint density at radius 3 is 1.83 bits per heavy atom. The molecule has 6 N–H and O–H groups in total. The van der Waals surface area contributed by atoms with Gasteiger partial charge in [0.2, 0.25) is 0 Å². The van der Waals surface area contributed by atoms with Gasteiger partial charge in [0, 0.05) is 5.69 Å². The number of hydrogen-bond acceptors (Lipinski definition) is 8. The molecule has 0 fully saturated rings. The average Bonchev–Trinajstić information content (AvgIpc) is 2.65. The average molecular weight is 448 g/mol. The van der Waals surface area contributed by atoms with Crippen LogP contribution in [0.5, 0.6) is 0 Å². The molecule has 0 spiro atoms. The molecular formula is C18H16N4O6S2. The van der Waals surface area contributed by atoms with Crippen LogP contribution in [0.4, 0.5) is 11.4 Å². The van der Waals surface area contributed by atoms with Crippen LogP contribution in [-0.2, 0) is 20.2 Å². The molecule has 1 aliphatic rings. The first kappa shape index (κ1) is 21.4. The third kappa shape index (κ3) is 4.99. The topological polar surface area (TPSA) is 183 Å². The molecule has 0 saturated heterocycles. The van der Waals surface area contributed by atoms with E-state index in [4.69, 9.17) is 20.2 Å². The molecular weight excluding hydrogens is 432 g/mol. The SMILES string of the molecule is N=C1C=C(N)C(=Nc2ccc(S(=O)(=O)O)cc2)C=C1Nc1ccc(S(=O)(=O)O)cc1. The van der Waals surface area contributed by atoms with Gasteiger partial charge in [-0.3, -0.25) is 14.5 Å². The molecule has 0 saturated carbocycles. The van der Waals surface area contributed by atoms with Gasteiger partial charge in [-0.05, 0) is 60.7 Å². The second-order valence-electron chi connectivity index (χ2n) is 6.16. The molecule has 0 bridgehead atoms. The summed E-state index contributed by atoms with van der Waals surface area (Å²) in [6.45, 7) is 0. The monoisotopic (exact) mass is 448 g/mol. The molecule has 0 amide bonds. The molecule has 2 aromatic carbocycles. The molecule has 12 heteroatoms. The normalized spacial score (nSPS) is 16.2. The predicted octanol–water partition coefficient (Wildman–Crippen LogP) is 2.12. The van der Waals surface area contributed by atoms with E-state index in [0.29, 0.717) is 22.8 Å². The van der Waals surface area contributed by atoms with Crippen LogP contribution >= 0.6 is 0 Å². The molecule has 1 aliphatic carbocycles. The second kappa shape index (κ2) is 7.84. The molecule has 3 rings (SSSR count). The summed E-state index contributed by atoms with van der Waals surface area (Å²) in [5.74, 6) is 0. The summed E-state index contributed by atoms with van der Waals surface area (Å²) in [7, 11) is -8.62. The Balaban J connectivity index is 1.88. The van der Waals surface area contributed by atoms with Gasteiger partial charge in [-0.15, -0.1) is 0 Å². The van der Waals surface area contributed by atoms with E-state index >= 15 is 0 Å². The van der Waals surface area contributed by atoms with Crippen LogP contribution < -0.4 is 11.1 Å². The number of nitrogens with one attached hydrogen (secondary N) is 2. The summed E-state index contributed by atoms with van der Waals surface area (Å²) in [4.78, 5) is 3.78. The van der Waals surface area contributed by atoms with Gasteiger partial charge >= 0.3 is 0 Å². The molecule has 30 heavy (non-hydrogen) atoms. The highest BCUT2D eigenvalue weighted by molar-refractivity contribution is 7.86.